The van der Waals surface area contributed by atoms with Crippen LogP contribution in [-0.2, 0) is 9.53 Å². The van der Waals surface area contributed by atoms with Crippen LogP contribution in [0.2, 0.25) is 0 Å². The molecule has 0 aliphatic carbocycles. The van der Waals surface area contributed by atoms with Gasteiger partial charge in [-0.2, -0.15) is 0 Å². The first-order valence-electron chi connectivity index (χ1n) is 4.78. The Hall–Kier alpha value is -1.28. The van der Waals surface area contributed by atoms with Crippen molar-refractivity contribution < 1.29 is 9.53 Å². The normalized spacial score (nSPS) is 12.7. The second-order valence-corrected chi connectivity index (χ2v) is 3.39. The molecular formula is C12H13ClO2. The zero-order valence-electron chi connectivity index (χ0n) is 8.52. The minimum absolute atomic E-state index is 0.296. The van der Waals surface area contributed by atoms with Gasteiger partial charge in [-0.1, -0.05) is 36.4 Å². The lowest BCUT2D eigenvalue weighted by Crippen LogP contribution is -1.99. The van der Waals surface area contributed by atoms with E-state index in [1.807, 2.05) is 30.3 Å². The number of carbonyl (C=O) groups excluding carboxylic acids is 1. The van der Waals surface area contributed by atoms with Gasteiger partial charge in [0.15, 0.2) is 0 Å². The quantitative estimate of drug-likeness (QED) is 0.446. The highest BCUT2D eigenvalue weighted by atomic mass is 35.5. The van der Waals surface area contributed by atoms with E-state index in [4.69, 9.17) is 16.3 Å². The van der Waals surface area contributed by atoms with Crippen molar-refractivity contribution in [3.05, 3.63) is 48.0 Å². The number of halogens is 1. The molecule has 0 radical (unpaired) electrons. The number of hydrogen-bond donors (Lipinski definition) is 0. The first-order valence-corrected chi connectivity index (χ1v) is 5.21. The largest absolute Gasteiger partial charge is 0.463 e. The van der Waals surface area contributed by atoms with Gasteiger partial charge in [0.25, 0.3) is 0 Å². The number of allylic oxidation sites excluding steroid dienone is 1. The molecule has 1 aromatic carbocycles. The van der Waals surface area contributed by atoms with Gasteiger partial charge in [-0.25, -0.2) is 4.79 Å². The summed E-state index contributed by atoms with van der Waals surface area (Å²) in [6.45, 7) is 2.14. The smallest absolute Gasteiger partial charge is 0.330 e. The van der Waals surface area contributed by atoms with Crippen LogP contribution >= 0.6 is 11.6 Å². The van der Waals surface area contributed by atoms with Gasteiger partial charge < -0.3 is 4.74 Å². The Labute approximate surface area is 94.5 Å². The maximum atomic E-state index is 11.0. The van der Waals surface area contributed by atoms with Crippen molar-refractivity contribution in [3.63, 3.8) is 0 Å². The highest BCUT2D eigenvalue weighted by Gasteiger charge is 2.03. The Morgan fingerprint density at radius 3 is 2.73 bits per heavy atom. The molecule has 0 bridgehead atoms. The number of hydrogen-bond acceptors (Lipinski definition) is 2. The van der Waals surface area contributed by atoms with Crippen LogP contribution in [0.1, 0.15) is 17.9 Å². The number of rotatable bonds is 4. The molecule has 0 aliphatic rings. The van der Waals surface area contributed by atoms with Gasteiger partial charge in [-0.15, -0.1) is 11.6 Å². The van der Waals surface area contributed by atoms with E-state index in [1.165, 1.54) is 6.08 Å². The summed E-state index contributed by atoms with van der Waals surface area (Å²) in [5.74, 6) is -0.362. The summed E-state index contributed by atoms with van der Waals surface area (Å²) in [4.78, 5) is 11.0. The predicted octanol–water partition coefficient (Wildman–Crippen LogP) is 3.09. The van der Waals surface area contributed by atoms with E-state index in [-0.39, 0.29) is 11.3 Å². The molecule has 0 saturated heterocycles. The van der Waals surface area contributed by atoms with Crippen LogP contribution in [0.5, 0.6) is 0 Å². The predicted molar refractivity (Wildman–Crippen MR) is 60.8 cm³/mol. The average molecular weight is 225 g/mol. The molecule has 0 heterocycles. The maximum absolute atomic E-state index is 11.0. The molecule has 0 spiro atoms. The molecule has 0 N–H and O–H groups in total. The Morgan fingerprint density at radius 2 is 2.13 bits per heavy atom. The zero-order valence-corrected chi connectivity index (χ0v) is 9.28. The van der Waals surface area contributed by atoms with Gasteiger partial charge in [-0.05, 0) is 12.5 Å². The van der Waals surface area contributed by atoms with Gasteiger partial charge >= 0.3 is 5.97 Å². The molecule has 0 aromatic heterocycles. The van der Waals surface area contributed by atoms with Crippen molar-refractivity contribution in [2.45, 2.75) is 12.3 Å². The van der Waals surface area contributed by atoms with Crippen molar-refractivity contribution in [1.82, 2.24) is 0 Å². The maximum Gasteiger partial charge on any atom is 0.330 e. The second-order valence-electron chi connectivity index (χ2n) is 2.92. The highest BCUT2D eigenvalue weighted by molar-refractivity contribution is 6.22. The van der Waals surface area contributed by atoms with Crippen molar-refractivity contribution in [2.75, 3.05) is 6.61 Å². The van der Waals surface area contributed by atoms with E-state index in [9.17, 15) is 4.79 Å². The third-order valence-corrected chi connectivity index (χ3v) is 2.20. The summed E-state index contributed by atoms with van der Waals surface area (Å²) in [5.41, 5.74) is 0.958. The van der Waals surface area contributed by atoms with Gasteiger partial charge in [0.1, 0.15) is 0 Å². The molecule has 15 heavy (non-hydrogen) atoms. The molecule has 3 heteroatoms. The summed E-state index contributed by atoms with van der Waals surface area (Å²) in [5, 5.41) is -0.296. The van der Waals surface area contributed by atoms with Crippen molar-refractivity contribution in [1.29, 1.82) is 0 Å². The Bertz CT molecular complexity index is 333. The fourth-order valence-corrected chi connectivity index (χ4v) is 1.32. The summed E-state index contributed by atoms with van der Waals surface area (Å²) in [6, 6.07) is 9.55. The molecule has 1 atom stereocenters. The molecule has 0 saturated carbocycles. The molecule has 80 valence electrons. The van der Waals surface area contributed by atoms with Gasteiger partial charge in [0.05, 0.1) is 12.0 Å². The molecule has 2 nitrogen and oxygen atoms in total. The first-order chi connectivity index (χ1) is 7.24. The molecule has 0 fully saturated rings. The van der Waals surface area contributed by atoms with Crippen LogP contribution in [0.15, 0.2) is 42.5 Å². The minimum Gasteiger partial charge on any atom is -0.463 e. The Kier molecular flexibility index (Phi) is 4.91. The molecular weight excluding hydrogens is 212 g/mol. The fourth-order valence-electron chi connectivity index (χ4n) is 1.10. The van der Waals surface area contributed by atoms with Crippen LogP contribution in [0, 0.1) is 0 Å². The molecule has 1 unspecified atom stereocenters. The summed E-state index contributed by atoms with van der Waals surface area (Å²) in [6.07, 6.45) is 2.98. The number of esters is 1. The lowest BCUT2D eigenvalue weighted by molar-refractivity contribution is -0.137. The molecule has 1 aromatic rings. The highest BCUT2D eigenvalue weighted by Crippen LogP contribution is 2.20. The first kappa shape index (κ1) is 11.8. The van der Waals surface area contributed by atoms with Gasteiger partial charge in [0, 0.05) is 6.08 Å². The van der Waals surface area contributed by atoms with Gasteiger partial charge in [0.2, 0.25) is 0 Å². The summed E-state index contributed by atoms with van der Waals surface area (Å²) < 4.78 is 4.74. The number of ether oxygens (including phenoxy) is 1. The van der Waals surface area contributed by atoms with E-state index in [1.54, 1.807) is 13.0 Å². The second kappa shape index (κ2) is 6.25. The molecule has 0 amide bonds. The monoisotopic (exact) mass is 224 g/mol. The van der Waals surface area contributed by atoms with Crippen molar-refractivity contribution in [3.8, 4) is 0 Å². The van der Waals surface area contributed by atoms with Gasteiger partial charge in [-0.3, -0.25) is 0 Å². The van der Waals surface area contributed by atoms with Crippen molar-refractivity contribution >= 4 is 17.6 Å². The third-order valence-electron chi connectivity index (χ3n) is 1.81. The third kappa shape index (κ3) is 4.17. The standard InChI is InChI=1S/C12H13ClO2/c1-2-15-12(14)9-8-11(13)10-6-4-3-5-7-10/h3-9,11H,2H2,1H3/b9-8+. The number of alkyl halides is 1. The van der Waals surface area contributed by atoms with Crippen LogP contribution in [0.4, 0.5) is 0 Å². The lowest BCUT2D eigenvalue weighted by Gasteiger charge is -2.03. The van der Waals surface area contributed by atoms with Crippen molar-refractivity contribution in [2.24, 2.45) is 0 Å². The van der Waals surface area contributed by atoms with E-state index in [0.717, 1.165) is 5.56 Å². The minimum atomic E-state index is -0.362. The average Bonchev–Trinajstić information content (AvgIpc) is 2.27. The van der Waals surface area contributed by atoms with E-state index < -0.39 is 0 Å². The molecule has 1 rings (SSSR count). The van der Waals surface area contributed by atoms with Crippen LogP contribution in [-0.4, -0.2) is 12.6 Å². The Morgan fingerprint density at radius 1 is 1.47 bits per heavy atom. The van der Waals surface area contributed by atoms with E-state index >= 15 is 0 Å². The Balaban J connectivity index is 2.56. The van der Waals surface area contributed by atoms with E-state index in [0.29, 0.717) is 6.61 Å². The SMILES string of the molecule is CCOC(=O)/C=C/C(Cl)c1ccccc1. The van der Waals surface area contributed by atoms with Crippen LogP contribution in [0.25, 0.3) is 0 Å². The topological polar surface area (TPSA) is 26.3 Å². The lowest BCUT2D eigenvalue weighted by atomic mass is 10.1. The van der Waals surface area contributed by atoms with Crippen LogP contribution < -0.4 is 0 Å². The molecule has 0 aliphatic heterocycles. The zero-order chi connectivity index (χ0) is 11.1. The summed E-state index contributed by atoms with van der Waals surface area (Å²) >= 11 is 6.06. The summed E-state index contributed by atoms with van der Waals surface area (Å²) in [7, 11) is 0. The fraction of sp³-hybridized carbons (Fsp3) is 0.250. The van der Waals surface area contributed by atoms with Crippen LogP contribution in [0.3, 0.4) is 0 Å². The van der Waals surface area contributed by atoms with E-state index in [2.05, 4.69) is 0 Å². The number of carbonyl (C=O) groups is 1. The number of benzene rings is 1.